The Balaban J connectivity index is 2.34. The molecule has 0 radical (unpaired) electrons. The van der Waals surface area contributed by atoms with E-state index in [1.165, 1.54) is 0 Å². The molecule has 0 aliphatic heterocycles. The number of carbonyl (C=O) groups excluding carboxylic acids is 1. The molecule has 152 valence electrons. The fourth-order valence-corrected chi connectivity index (χ4v) is 4.55. The van der Waals surface area contributed by atoms with E-state index in [-0.39, 0.29) is 11.9 Å². The smallest absolute Gasteiger partial charge is 0.244 e. The van der Waals surface area contributed by atoms with Gasteiger partial charge in [-0.15, -0.1) is 0 Å². The molecule has 0 spiro atoms. The summed E-state index contributed by atoms with van der Waals surface area (Å²) in [5, 5.41) is 3.42. The van der Waals surface area contributed by atoms with Gasteiger partial charge in [0.15, 0.2) is 0 Å². The molecule has 2 aromatic carbocycles. The van der Waals surface area contributed by atoms with Gasteiger partial charge in [0.05, 0.1) is 18.0 Å². The third-order valence-corrected chi connectivity index (χ3v) is 6.01. The minimum absolute atomic E-state index is 0.192. The number of carbonyl (C=O) groups is 1. The fraction of sp³-hybridized carbons (Fsp3) is 0.381. The van der Waals surface area contributed by atoms with Gasteiger partial charge in [-0.05, 0) is 43.5 Å². The van der Waals surface area contributed by atoms with Crippen LogP contribution in [0.1, 0.15) is 43.9 Å². The second-order valence-corrected chi connectivity index (χ2v) is 9.14. The van der Waals surface area contributed by atoms with E-state index < -0.39 is 16.1 Å². The second-order valence-electron chi connectivity index (χ2n) is 6.84. The number of hydrogen-bond acceptors (Lipinski definition) is 3. The molecular formula is C21H27ClN2O3S. The average molecular weight is 423 g/mol. The molecule has 28 heavy (non-hydrogen) atoms. The van der Waals surface area contributed by atoms with Crippen molar-refractivity contribution in [1.82, 2.24) is 5.32 Å². The number of rotatable bonds is 8. The van der Waals surface area contributed by atoms with Crippen LogP contribution >= 0.6 is 11.6 Å². The first-order valence-electron chi connectivity index (χ1n) is 9.29. The third kappa shape index (κ3) is 5.49. The summed E-state index contributed by atoms with van der Waals surface area (Å²) in [7, 11) is -3.69. The Bertz CT molecular complexity index is 914. The molecule has 0 saturated carbocycles. The molecule has 1 amide bonds. The zero-order chi connectivity index (χ0) is 20.9. The molecule has 2 rings (SSSR count). The normalized spacial score (nSPS) is 13.6. The van der Waals surface area contributed by atoms with E-state index in [1.54, 1.807) is 31.2 Å². The maximum Gasteiger partial charge on any atom is 0.244 e. The first-order valence-corrected chi connectivity index (χ1v) is 11.5. The summed E-state index contributed by atoms with van der Waals surface area (Å²) in [5.41, 5.74) is 2.51. The topological polar surface area (TPSA) is 66.5 Å². The first kappa shape index (κ1) is 22.2. The summed E-state index contributed by atoms with van der Waals surface area (Å²) < 4.78 is 26.2. The Morgan fingerprint density at radius 1 is 1.11 bits per heavy atom. The lowest BCUT2D eigenvalue weighted by Crippen LogP contribution is -2.50. The van der Waals surface area contributed by atoms with Crippen LogP contribution in [-0.2, 0) is 14.8 Å². The van der Waals surface area contributed by atoms with Gasteiger partial charge < -0.3 is 5.32 Å². The number of anilines is 1. The number of halogens is 1. The SMILES string of the molecule is CC[C@H](NC(=O)[C@@H](CC)N(c1cccc(Cl)c1)S(C)(=O)=O)c1ccc(C)cc1. The molecule has 0 aliphatic carbocycles. The summed E-state index contributed by atoms with van der Waals surface area (Å²) in [5.74, 6) is -0.333. The van der Waals surface area contributed by atoms with Gasteiger partial charge in [-0.1, -0.05) is 61.3 Å². The van der Waals surface area contributed by atoms with Crippen molar-refractivity contribution < 1.29 is 13.2 Å². The standard InChI is InChI=1S/C21H27ClN2O3S/c1-5-19(16-12-10-15(3)11-13-16)23-21(25)20(6-2)24(28(4,26)27)18-9-7-8-17(22)14-18/h7-14,19-20H,5-6H2,1-4H3,(H,23,25)/t19-,20+/m0/s1. The molecule has 2 atom stereocenters. The van der Waals surface area contributed by atoms with Crippen LogP contribution in [0.2, 0.25) is 5.02 Å². The van der Waals surface area contributed by atoms with E-state index in [2.05, 4.69) is 5.32 Å². The van der Waals surface area contributed by atoms with Crippen LogP contribution in [0.25, 0.3) is 0 Å². The van der Waals surface area contributed by atoms with Crippen molar-refractivity contribution in [3.63, 3.8) is 0 Å². The Labute approximate surface area is 172 Å². The monoisotopic (exact) mass is 422 g/mol. The lowest BCUT2D eigenvalue weighted by molar-refractivity contribution is -0.123. The van der Waals surface area contributed by atoms with E-state index in [9.17, 15) is 13.2 Å². The third-order valence-electron chi connectivity index (χ3n) is 4.60. The van der Waals surface area contributed by atoms with Gasteiger partial charge in [0.25, 0.3) is 0 Å². The minimum atomic E-state index is -3.69. The lowest BCUT2D eigenvalue weighted by atomic mass is 10.0. The number of nitrogens with one attached hydrogen (secondary N) is 1. The van der Waals surface area contributed by atoms with Crippen molar-refractivity contribution >= 4 is 33.2 Å². The fourth-order valence-electron chi connectivity index (χ4n) is 3.16. The van der Waals surface area contributed by atoms with Crippen molar-refractivity contribution in [2.24, 2.45) is 0 Å². The Kier molecular flexibility index (Phi) is 7.49. The summed E-state index contributed by atoms with van der Waals surface area (Å²) in [6, 6.07) is 13.4. The predicted molar refractivity (Wildman–Crippen MR) is 115 cm³/mol. The quantitative estimate of drug-likeness (QED) is 0.682. The molecule has 1 N–H and O–H groups in total. The second kappa shape index (κ2) is 9.43. The molecule has 0 bridgehead atoms. The molecule has 0 unspecified atom stereocenters. The lowest BCUT2D eigenvalue weighted by Gasteiger charge is -2.31. The average Bonchev–Trinajstić information content (AvgIpc) is 2.63. The largest absolute Gasteiger partial charge is 0.347 e. The number of hydrogen-bond donors (Lipinski definition) is 1. The van der Waals surface area contributed by atoms with E-state index in [0.29, 0.717) is 23.6 Å². The Hall–Kier alpha value is -2.05. The molecule has 5 nitrogen and oxygen atoms in total. The highest BCUT2D eigenvalue weighted by Crippen LogP contribution is 2.26. The summed E-state index contributed by atoms with van der Waals surface area (Å²) in [6.07, 6.45) is 2.12. The van der Waals surface area contributed by atoms with Gasteiger partial charge >= 0.3 is 0 Å². The maximum absolute atomic E-state index is 13.1. The van der Waals surface area contributed by atoms with Crippen molar-refractivity contribution in [2.45, 2.75) is 45.7 Å². The zero-order valence-corrected chi connectivity index (χ0v) is 18.2. The van der Waals surface area contributed by atoms with Gasteiger partial charge in [-0.2, -0.15) is 0 Å². The molecule has 0 fully saturated rings. The van der Waals surface area contributed by atoms with E-state index in [4.69, 9.17) is 11.6 Å². The number of aryl methyl sites for hydroxylation is 1. The van der Waals surface area contributed by atoms with E-state index in [0.717, 1.165) is 21.7 Å². The van der Waals surface area contributed by atoms with Gasteiger partial charge in [0, 0.05) is 5.02 Å². The number of amides is 1. The van der Waals surface area contributed by atoms with Crippen LogP contribution in [0.15, 0.2) is 48.5 Å². The van der Waals surface area contributed by atoms with Gasteiger partial charge in [-0.25, -0.2) is 8.42 Å². The molecule has 0 aromatic heterocycles. The van der Waals surface area contributed by atoms with Gasteiger partial charge in [0.2, 0.25) is 15.9 Å². The van der Waals surface area contributed by atoms with Crippen LogP contribution in [0.3, 0.4) is 0 Å². The van der Waals surface area contributed by atoms with Gasteiger partial charge in [0.1, 0.15) is 6.04 Å². The zero-order valence-electron chi connectivity index (χ0n) is 16.6. The van der Waals surface area contributed by atoms with Crippen molar-refractivity contribution in [3.05, 3.63) is 64.7 Å². The van der Waals surface area contributed by atoms with Crippen molar-refractivity contribution in [2.75, 3.05) is 10.6 Å². The molecule has 0 heterocycles. The van der Waals surface area contributed by atoms with Crippen LogP contribution in [0.5, 0.6) is 0 Å². The molecular weight excluding hydrogens is 396 g/mol. The van der Waals surface area contributed by atoms with Crippen LogP contribution < -0.4 is 9.62 Å². The van der Waals surface area contributed by atoms with Crippen LogP contribution in [-0.4, -0.2) is 26.6 Å². The van der Waals surface area contributed by atoms with Gasteiger partial charge in [-0.3, -0.25) is 9.10 Å². The summed E-state index contributed by atoms with van der Waals surface area (Å²) in [4.78, 5) is 13.1. The Morgan fingerprint density at radius 2 is 1.75 bits per heavy atom. The molecule has 2 aromatic rings. The molecule has 7 heteroatoms. The number of benzene rings is 2. The first-order chi connectivity index (χ1) is 13.2. The summed E-state index contributed by atoms with van der Waals surface area (Å²) in [6.45, 7) is 5.78. The number of sulfonamides is 1. The van der Waals surface area contributed by atoms with E-state index >= 15 is 0 Å². The number of nitrogens with zero attached hydrogens (tertiary/aromatic N) is 1. The maximum atomic E-state index is 13.1. The highest BCUT2D eigenvalue weighted by molar-refractivity contribution is 7.92. The summed E-state index contributed by atoms with van der Waals surface area (Å²) >= 11 is 6.04. The van der Waals surface area contributed by atoms with E-state index in [1.807, 2.05) is 38.1 Å². The van der Waals surface area contributed by atoms with Crippen molar-refractivity contribution in [1.29, 1.82) is 0 Å². The van der Waals surface area contributed by atoms with Crippen LogP contribution in [0.4, 0.5) is 5.69 Å². The van der Waals surface area contributed by atoms with Crippen LogP contribution in [0, 0.1) is 6.92 Å². The minimum Gasteiger partial charge on any atom is -0.347 e. The molecule has 0 aliphatic rings. The highest BCUT2D eigenvalue weighted by atomic mass is 35.5. The Morgan fingerprint density at radius 3 is 2.25 bits per heavy atom. The van der Waals surface area contributed by atoms with Crippen molar-refractivity contribution in [3.8, 4) is 0 Å². The predicted octanol–water partition coefficient (Wildman–Crippen LogP) is 4.46. The molecule has 0 saturated heterocycles. The highest BCUT2D eigenvalue weighted by Gasteiger charge is 2.32.